The second kappa shape index (κ2) is 11.7. The Balaban J connectivity index is 0.00000361. The molecular weight excluding hydrogens is 510 g/mol. The molecule has 0 spiro atoms. The molecule has 192 valence electrons. The van der Waals surface area contributed by atoms with Crippen LogP contribution < -0.4 is 21.7 Å². The van der Waals surface area contributed by atoms with E-state index < -0.39 is 22.9 Å². The lowest BCUT2D eigenvalue weighted by Crippen LogP contribution is -3.00. The highest BCUT2D eigenvalue weighted by Crippen LogP contribution is 2.47. The van der Waals surface area contributed by atoms with Gasteiger partial charge in [-0.05, 0) is 30.7 Å². The van der Waals surface area contributed by atoms with Gasteiger partial charge in [0.25, 0.3) is 5.69 Å². The van der Waals surface area contributed by atoms with Crippen LogP contribution in [0.25, 0.3) is 0 Å². The summed E-state index contributed by atoms with van der Waals surface area (Å²) >= 11 is 1.49. The average molecular weight is 536 g/mol. The van der Waals surface area contributed by atoms with Crippen LogP contribution in [-0.4, -0.2) is 51.8 Å². The molecular formula is C24H26ClN3O7S. The Bertz CT molecular complexity index is 1170. The summed E-state index contributed by atoms with van der Waals surface area (Å²) in [7, 11) is 1.60. The highest BCUT2D eigenvalue weighted by Gasteiger charge is 2.57. The number of amides is 1. The first-order valence-corrected chi connectivity index (χ1v) is 12.1. The number of nitro benzene ring substituents is 1. The number of hydrogen-bond acceptors (Lipinski definition) is 8. The highest BCUT2D eigenvalue weighted by atomic mass is 35.5. The number of carbonyl (C=O) groups is 2. The third kappa shape index (κ3) is 5.63. The minimum absolute atomic E-state index is 0. The number of nitrogens with zero attached hydrogens (tertiary/aromatic N) is 3. The van der Waals surface area contributed by atoms with Gasteiger partial charge in [-0.2, -0.15) is 0 Å². The number of aliphatic hydroxyl groups is 1. The van der Waals surface area contributed by atoms with Gasteiger partial charge in [-0.3, -0.25) is 14.9 Å². The molecule has 0 saturated carbocycles. The van der Waals surface area contributed by atoms with Crippen LogP contribution in [0.4, 0.5) is 5.69 Å². The number of rotatable bonds is 10. The number of thioether (sulfide) groups is 1. The van der Waals surface area contributed by atoms with E-state index in [0.29, 0.717) is 24.3 Å². The number of fused-ring (bicyclic) bond motifs is 1. The van der Waals surface area contributed by atoms with Crippen LogP contribution in [0.3, 0.4) is 0 Å². The predicted molar refractivity (Wildman–Crippen MR) is 126 cm³/mol. The number of halogens is 1. The molecule has 0 bridgehead atoms. The van der Waals surface area contributed by atoms with E-state index in [0.717, 1.165) is 10.7 Å². The van der Waals surface area contributed by atoms with Crippen molar-refractivity contribution >= 4 is 29.3 Å². The molecule has 1 saturated heterocycles. The summed E-state index contributed by atoms with van der Waals surface area (Å²) in [6.45, 7) is 2.16. The molecule has 1 amide bonds. The Labute approximate surface area is 218 Å². The van der Waals surface area contributed by atoms with E-state index >= 15 is 0 Å². The summed E-state index contributed by atoms with van der Waals surface area (Å²) in [5.74, 6) is -0.0637. The standard InChI is InChI=1S/C24H26N3O7S.ClH/c1-15(28)21-19-12-20(35-11-10-25-9-3-4-18(13-25)33-2)22(26(19)23(21)29)24(30)34-14-16-5-7-17(8-6-16)27(31)32;/h3-9,13,15,19,21,28H,10-12,14H2,1-2H3;1H/q+1;/p-1/t15-,19?,21?;/m1./s1. The van der Waals surface area contributed by atoms with Crippen LogP contribution in [-0.2, 0) is 27.5 Å². The zero-order valence-corrected chi connectivity index (χ0v) is 21.3. The highest BCUT2D eigenvalue weighted by molar-refractivity contribution is 8.03. The molecule has 2 aliphatic rings. The molecule has 36 heavy (non-hydrogen) atoms. The van der Waals surface area contributed by atoms with Crippen molar-refractivity contribution in [1.82, 2.24) is 4.90 Å². The number of methoxy groups -OCH3 is 1. The second-order valence-corrected chi connectivity index (χ2v) is 9.54. The molecule has 0 radical (unpaired) electrons. The summed E-state index contributed by atoms with van der Waals surface area (Å²) in [5, 5.41) is 20.9. The summed E-state index contributed by atoms with van der Waals surface area (Å²) in [6.07, 6.45) is 3.48. The normalized spacial score (nSPS) is 19.2. The van der Waals surface area contributed by atoms with Crippen LogP contribution in [0, 0.1) is 16.0 Å². The SMILES string of the molecule is COc1ccc[n+](CCSC2=C(C(=O)OCc3ccc([N+](=O)[O-])cc3)N3C(=O)C([C@@H](C)O)C3C2)c1.[Cl-]. The lowest BCUT2D eigenvalue weighted by atomic mass is 9.83. The fourth-order valence-corrected chi connectivity index (χ4v) is 5.47. The Kier molecular flexibility index (Phi) is 8.93. The molecule has 12 heteroatoms. The molecule has 3 atom stereocenters. The summed E-state index contributed by atoms with van der Waals surface area (Å²) in [6, 6.07) is 9.21. The number of nitro groups is 1. The van der Waals surface area contributed by atoms with Gasteiger partial charge in [0.2, 0.25) is 12.1 Å². The van der Waals surface area contributed by atoms with E-state index in [4.69, 9.17) is 9.47 Å². The summed E-state index contributed by atoms with van der Waals surface area (Å²) in [5.41, 5.74) is 0.767. The lowest BCUT2D eigenvalue weighted by Gasteiger charge is -2.44. The first-order valence-electron chi connectivity index (χ1n) is 11.1. The van der Waals surface area contributed by atoms with Crippen LogP contribution in [0.5, 0.6) is 5.75 Å². The topological polar surface area (TPSA) is 123 Å². The number of non-ortho nitro benzene ring substituents is 1. The smallest absolute Gasteiger partial charge is 0.356 e. The fraction of sp³-hybridized carbons (Fsp3) is 0.375. The van der Waals surface area contributed by atoms with E-state index in [9.17, 15) is 24.8 Å². The minimum Gasteiger partial charge on any atom is -1.00 e. The maximum atomic E-state index is 13.1. The number of aliphatic hydroxyl groups excluding tert-OH is 1. The van der Waals surface area contributed by atoms with E-state index in [-0.39, 0.29) is 42.3 Å². The van der Waals surface area contributed by atoms with E-state index in [1.165, 1.54) is 40.9 Å². The molecule has 3 heterocycles. The number of aromatic nitrogens is 1. The van der Waals surface area contributed by atoms with Gasteiger partial charge >= 0.3 is 5.97 Å². The molecule has 2 aromatic rings. The fourth-order valence-electron chi connectivity index (χ4n) is 4.31. The maximum Gasteiger partial charge on any atom is 0.356 e. The van der Waals surface area contributed by atoms with Crippen LogP contribution in [0.15, 0.2) is 59.4 Å². The molecule has 4 rings (SSSR count). The zero-order chi connectivity index (χ0) is 25.1. The summed E-state index contributed by atoms with van der Waals surface area (Å²) in [4.78, 5) is 38.3. The number of pyridine rings is 1. The number of carbonyl (C=O) groups excluding carboxylic acids is 2. The van der Waals surface area contributed by atoms with Crippen molar-refractivity contribution in [2.75, 3.05) is 12.9 Å². The number of esters is 1. The number of hydrogen-bond donors (Lipinski definition) is 1. The molecule has 0 aliphatic carbocycles. The Morgan fingerprint density at radius 2 is 2.06 bits per heavy atom. The summed E-state index contributed by atoms with van der Waals surface area (Å²) < 4.78 is 12.7. The van der Waals surface area contributed by atoms with Gasteiger partial charge in [0.15, 0.2) is 18.5 Å². The molecule has 1 aromatic carbocycles. The van der Waals surface area contributed by atoms with Crippen molar-refractivity contribution in [2.24, 2.45) is 5.92 Å². The van der Waals surface area contributed by atoms with Crippen LogP contribution in [0.1, 0.15) is 18.9 Å². The van der Waals surface area contributed by atoms with Gasteiger partial charge in [-0.15, -0.1) is 11.8 Å². The van der Waals surface area contributed by atoms with Crippen LogP contribution in [0.2, 0.25) is 0 Å². The molecule has 1 fully saturated rings. The third-order valence-electron chi connectivity index (χ3n) is 6.09. The van der Waals surface area contributed by atoms with Gasteiger partial charge in [-0.25, -0.2) is 9.36 Å². The number of aryl methyl sites for hydroxylation is 1. The Morgan fingerprint density at radius 3 is 2.69 bits per heavy atom. The van der Waals surface area contributed by atoms with Crippen molar-refractivity contribution in [2.45, 2.75) is 38.6 Å². The van der Waals surface area contributed by atoms with Crippen LogP contribution >= 0.6 is 11.8 Å². The largest absolute Gasteiger partial charge is 1.00 e. The van der Waals surface area contributed by atoms with Gasteiger partial charge < -0.3 is 31.9 Å². The number of ether oxygens (including phenoxy) is 2. The predicted octanol–water partition coefficient (Wildman–Crippen LogP) is -0.805. The quantitative estimate of drug-likeness (QED) is 0.138. The zero-order valence-electron chi connectivity index (χ0n) is 19.7. The maximum absolute atomic E-state index is 13.1. The Morgan fingerprint density at radius 1 is 1.33 bits per heavy atom. The van der Waals surface area contributed by atoms with Crippen molar-refractivity contribution in [3.63, 3.8) is 0 Å². The van der Waals surface area contributed by atoms with Gasteiger partial charge in [0.05, 0.1) is 35.8 Å². The van der Waals surface area contributed by atoms with Crippen molar-refractivity contribution in [3.8, 4) is 5.75 Å². The first-order chi connectivity index (χ1) is 16.8. The molecule has 1 aromatic heterocycles. The van der Waals surface area contributed by atoms with E-state index in [2.05, 4.69) is 0 Å². The first kappa shape index (κ1) is 27.4. The second-order valence-electron chi connectivity index (χ2n) is 8.35. The van der Waals surface area contributed by atoms with Gasteiger partial charge in [0.1, 0.15) is 12.3 Å². The molecule has 1 N–H and O–H groups in total. The van der Waals surface area contributed by atoms with Gasteiger partial charge in [0, 0.05) is 29.5 Å². The van der Waals surface area contributed by atoms with E-state index in [1.807, 2.05) is 29.1 Å². The average Bonchev–Trinajstić information content (AvgIpc) is 3.16. The van der Waals surface area contributed by atoms with E-state index in [1.54, 1.807) is 14.0 Å². The van der Waals surface area contributed by atoms with Crippen molar-refractivity contribution in [3.05, 3.63) is 75.1 Å². The minimum atomic E-state index is -0.808. The molecule has 10 nitrogen and oxygen atoms in total. The molecule has 2 aliphatic heterocycles. The third-order valence-corrected chi connectivity index (χ3v) is 7.19. The number of β-lactam (4-membered cyclic amide) rings is 1. The molecule has 2 unspecified atom stereocenters. The van der Waals surface area contributed by atoms with Crippen molar-refractivity contribution in [1.29, 1.82) is 0 Å². The van der Waals surface area contributed by atoms with Crippen molar-refractivity contribution < 1.29 is 46.1 Å². The lowest BCUT2D eigenvalue weighted by molar-refractivity contribution is -0.692. The Hall–Kier alpha value is -3.15. The monoisotopic (exact) mass is 535 g/mol. The number of benzene rings is 1. The van der Waals surface area contributed by atoms with Gasteiger partial charge in [-0.1, -0.05) is 0 Å².